The molecule has 0 saturated carbocycles. The van der Waals surface area contributed by atoms with Gasteiger partial charge in [0.25, 0.3) is 5.91 Å². The second kappa shape index (κ2) is 7.98. The monoisotopic (exact) mass is 438 g/mol. The maximum Gasteiger partial charge on any atom is 0.258 e. The maximum atomic E-state index is 14.2. The summed E-state index contributed by atoms with van der Waals surface area (Å²) in [6.07, 6.45) is 1.80. The number of carbonyl (C=O) groups excluding carboxylic acids is 1. The number of amides is 1. The number of sulfone groups is 1. The van der Waals surface area contributed by atoms with Gasteiger partial charge in [0.1, 0.15) is 5.82 Å². The normalized spacial score (nSPS) is 11.4. The van der Waals surface area contributed by atoms with Crippen LogP contribution >= 0.6 is 22.9 Å². The van der Waals surface area contributed by atoms with Crippen LogP contribution in [0.2, 0.25) is 5.02 Å². The van der Waals surface area contributed by atoms with E-state index < -0.39 is 21.6 Å². The lowest BCUT2D eigenvalue weighted by molar-refractivity contribution is 0.102. The molecule has 3 aromatic rings. The smallest absolute Gasteiger partial charge is 0.258 e. The number of nitrogens with zero attached hydrogens (tertiary/aromatic N) is 1. The highest BCUT2D eigenvalue weighted by atomic mass is 35.5. The van der Waals surface area contributed by atoms with Gasteiger partial charge < -0.3 is 5.32 Å². The van der Waals surface area contributed by atoms with E-state index in [1.807, 2.05) is 12.3 Å². The van der Waals surface area contributed by atoms with Crippen molar-refractivity contribution in [2.24, 2.45) is 0 Å². The van der Waals surface area contributed by atoms with Gasteiger partial charge in [0.15, 0.2) is 9.84 Å². The van der Waals surface area contributed by atoms with Crippen molar-refractivity contribution in [1.82, 2.24) is 4.98 Å². The second-order valence-corrected chi connectivity index (χ2v) is 9.41. The predicted octanol–water partition coefficient (Wildman–Crippen LogP) is 4.82. The van der Waals surface area contributed by atoms with Crippen LogP contribution in [0.1, 0.15) is 22.3 Å². The minimum atomic E-state index is -3.56. The fourth-order valence-electron chi connectivity index (χ4n) is 2.51. The number of thiazole rings is 1. The van der Waals surface area contributed by atoms with E-state index in [1.165, 1.54) is 6.07 Å². The molecule has 0 aliphatic carbocycles. The Morgan fingerprint density at radius 3 is 2.57 bits per heavy atom. The lowest BCUT2D eigenvalue weighted by Crippen LogP contribution is -2.14. The number of halogens is 2. The Labute approximate surface area is 171 Å². The number of nitrogens with one attached hydrogen (secondary N) is 1. The lowest BCUT2D eigenvalue weighted by Gasteiger charge is -2.09. The van der Waals surface area contributed by atoms with E-state index in [0.717, 1.165) is 41.1 Å². The molecule has 1 aromatic heterocycles. The Kier molecular flexibility index (Phi) is 5.83. The zero-order valence-corrected chi connectivity index (χ0v) is 17.4. The molecule has 0 saturated heterocycles. The van der Waals surface area contributed by atoms with E-state index in [-0.39, 0.29) is 10.5 Å². The Balaban J connectivity index is 1.82. The van der Waals surface area contributed by atoms with Crippen molar-refractivity contribution in [1.29, 1.82) is 0 Å². The first-order chi connectivity index (χ1) is 13.2. The molecule has 2 aromatic carbocycles. The van der Waals surface area contributed by atoms with Gasteiger partial charge in [-0.2, -0.15) is 0 Å². The zero-order chi connectivity index (χ0) is 20.5. The SMILES string of the molecule is CCc1nc(-c2ccc(NC(=O)c3ccc(S(C)(=O)=O)cc3F)cc2Cl)cs1. The molecule has 28 heavy (non-hydrogen) atoms. The van der Waals surface area contributed by atoms with Gasteiger partial charge >= 0.3 is 0 Å². The summed E-state index contributed by atoms with van der Waals surface area (Å²) in [5.41, 5.74) is 1.61. The van der Waals surface area contributed by atoms with Crippen molar-refractivity contribution in [3.8, 4) is 11.3 Å². The molecular formula is C19H16ClFN2O3S2. The van der Waals surface area contributed by atoms with Crippen LogP contribution in [0, 0.1) is 5.82 Å². The minimum absolute atomic E-state index is 0.191. The summed E-state index contributed by atoms with van der Waals surface area (Å²) in [5, 5.41) is 5.87. The first-order valence-corrected chi connectivity index (χ1v) is 11.4. The van der Waals surface area contributed by atoms with Crippen molar-refractivity contribution in [3.63, 3.8) is 0 Å². The van der Waals surface area contributed by atoms with Gasteiger partial charge in [-0.3, -0.25) is 4.79 Å². The molecule has 5 nitrogen and oxygen atoms in total. The molecule has 0 fully saturated rings. The zero-order valence-electron chi connectivity index (χ0n) is 15.0. The quantitative estimate of drug-likeness (QED) is 0.619. The molecule has 0 spiro atoms. The lowest BCUT2D eigenvalue weighted by atomic mass is 10.1. The van der Waals surface area contributed by atoms with Gasteiger partial charge in [-0.05, 0) is 42.8 Å². The summed E-state index contributed by atoms with van der Waals surface area (Å²) in [5.74, 6) is -1.62. The van der Waals surface area contributed by atoms with E-state index >= 15 is 0 Å². The molecule has 0 radical (unpaired) electrons. The molecular weight excluding hydrogens is 423 g/mol. The Bertz CT molecular complexity index is 1160. The van der Waals surface area contributed by atoms with Crippen LogP contribution in [-0.4, -0.2) is 25.6 Å². The first-order valence-electron chi connectivity index (χ1n) is 8.24. The molecule has 0 atom stereocenters. The van der Waals surface area contributed by atoms with Gasteiger partial charge in [0.05, 0.1) is 26.2 Å². The molecule has 1 N–H and O–H groups in total. The molecule has 1 amide bonds. The third-order valence-corrected chi connectivity index (χ3v) is 6.39. The number of hydrogen-bond donors (Lipinski definition) is 1. The number of anilines is 1. The maximum absolute atomic E-state index is 14.2. The van der Waals surface area contributed by atoms with Gasteiger partial charge in [0.2, 0.25) is 0 Å². The van der Waals surface area contributed by atoms with E-state index in [1.54, 1.807) is 29.5 Å². The number of aromatic nitrogens is 1. The molecule has 3 rings (SSSR count). The summed E-state index contributed by atoms with van der Waals surface area (Å²) in [6.45, 7) is 2.02. The van der Waals surface area contributed by atoms with E-state index in [0.29, 0.717) is 10.7 Å². The van der Waals surface area contributed by atoms with Crippen LogP contribution < -0.4 is 5.32 Å². The summed E-state index contributed by atoms with van der Waals surface area (Å²) in [7, 11) is -3.56. The van der Waals surface area contributed by atoms with Crippen molar-refractivity contribution in [2.45, 2.75) is 18.2 Å². The van der Waals surface area contributed by atoms with Crippen molar-refractivity contribution in [3.05, 3.63) is 63.2 Å². The van der Waals surface area contributed by atoms with Gasteiger partial charge in [0, 0.05) is 22.9 Å². The number of carbonyl (C=O) groups is 1. The largest absolute Gasteiger partial charge is 0.322 e. The highest BCUT2D eigenvalue weighted by Crippen LogP contribution is 2.31. The average molecular weight is 439 g/mol. The van der Waals surface area contributed by atoms with Crippen LogP contribution in [0.4, 0.5) is 10.1 Å². The third-order valence-electron chi connectivity index (χ3n) is 3.97. The van der Waals surface area contributed by atoms with Crippen LogP contribution in [0.25, 0.3) is 11.3 Å². The molecule has 146 valence electrons. The highest BCUT2D eigenvalue weighted by Gasteiger charge is 2.17. The summed E-state index contributed by atoms with van der Waals surface area (Å²) in [6, 6.07) is 8.09. The fourth-order valence-corrected chi connectivity index (χ4v) is 4.16. The second-order valence-electron chi connectivity index (χ2n) is 6.04. The molecule has 0 aliphatic rings. The van der Waals surface area contributed by atoms with Crippen LogP contribution in [0.3, 0.4) is 0 Å². The number of hydrogen-bond acceptors (Lipinski definition) is 5. The standard InChI is InChI=1S/C19H16ClFN2O3S2/c1-3-18-23-17(10-27-18)13-6-4-11(8-15(13)20)22-19(24)14-7-5-12(9-16(14)21)28(2,25)26/h4-10H,3H2,1-2H3,(H,22,24). The predicted molar refractivity (Wildman–Crippen MR) is 109 cm³/mol. The highest BCUT2D eigenvalue weighted by molar-refractivity contribution is 7.90. The van der Waals surface area contributed by atoms with E-state index in [9.17, 15) is 17.6 Å². The Morgan fingerprint density at radius 1 is 1.25 bits per heavy atom. The molecule has 0 bridgehead atoms. The first kappa shape index (κ1) is 20.4. The van der Waals surface area contributed by atoms with Gasteiger partial charge in [-0.15, -0.1) is 11.3 Å². The summed E-state index contributed by atoms with van der Waals surface area (Å²) < 4.78 is 37.1. The summed E-state index contributed by atoms with van der Waals surface area (Å²) in [4.78, 5) is 16.6. The van der Waals surface area contributed by atoms with Gasteiger partial charge in [-0.25, -0.2) is 17.8 Å². The van der Waals surface area contributed by atoms with E-state index in [4.69, 9.17) is 11.6 Å². The topological polar surface area (TPSA) is 76.1 Å². The van der Waals surface area contributed by atoms with Crippen LogP contribution in [0.5, 0.6) is 0 Å². The fraction of sp³-hybridized carbons (Fsp3) is 0.158. The number of benzene rings is 2. The Hall–Kier alpha value is -2.29. The van der Waals surface area contributed by atoms with Crippen molar-refractivity contribution < 1.29 is 17.6 Å². The summed E-state index contributed by atoms with van der Waals surface area (Å²) >= 11 is 7.87. The van der Waals surface area contributed by atoms with Crippen molar-refractivity contribution in [2.75, 3.05) is 11.6 Å². The molecule has 0 aliphatic heterocycles. The van der Waals surface area contributed by atoms with Crippen molar-refractivity contribution >= 4 is 44.4 Å². The van der Waals surface area contributed by atoms with Crippen LogP contribution in [-0.2, 0) is 16.3 Å². The van der Waals surface area contributed by atoms with Gasteiger partial charge in [-0.1, -0.05) is 18.5 Å². The third kappa shape index (κ3) is 4.40. The number of aryl methyl sites for hydroxylation is 1. The number of rotatable bonds is 5. The van der Waals surface area contributed by atoms with E-state index in [2.05, 4.69) is 10.3 Å². The molecule has 1 heterocycles. The minimum Gasteiger partial charge on any atom is -0.322 e. The van der Waals surface area contributed by atoms with Crippen LogP contribution in [0.15, 0.2) is 46.7 Å². The molecule has 9 heteroatoms. The molecule has 0 unspecified atom stereocenters. The Morgan fingerprint density at radius 2 is 2.00 bits per heavy atom. The average Bonchev–Trinajstić information content (AvgIpc) is 3.09.